The van der Waals surface area contributed by atoms with E-state index in [1.54, 1.807) is 6.07 Å². The number of nitrogens with two attached hydrogens (primary N) is 2. The zero-order valence-corrected chi connectivity index (χ0v) is 13.6. The standard InChI is InChI=1S/C16H18Cl2N4/c17-12-3-1-11(2-4-12)16-10-21(20)7-8-22(16)15-6-5-13(19)9-14(15)18/h1-6,9,16H,7-8,10,19-20H2. The Balaban J connectivity index is 1.98. The monoisotopic (exact) mass is 336 g/mol. The van der Waals surface area contributed by atoms with E-state index in [2.05, 4.69) is 4.90 Å². The molecule has 0 aliphatic carbocycles. The largest absolute Gasteiger partial charge is 0.399 e. The van der Waals surface area contributed by atoms with Crippen molar-refractivity contribution >= 4 is 34.6 Å². The lowest BCUT2D eigenvalue weighted by atomic mass is 10.0. The van der Waals surface area contributed by atoms with Crippen molar-refractivity contribution in [2.45, 2.75) is 6.04 Å². The first-order chi connectivity index (χ1) is 10.5. The van der Waals surface area contributed by atoms with Gasteiger partial charge in [0, 0.05) is 30.3 Å². The Morgan fingerprint density at radius 2 is 1.73 bits per heavy atom. The van der Waals surface area contributed by atoms with E-state index in [1.807, 2.05) is 41.4 Å². The van der Waals surface area contributed by atoms with Crippen LogP contribution in [0.25, 0.3) is 0 Å². The maximum atomic E-state index is 6.39. The predicted octanol–water partition coefficient (Wildman–Crippen LogP) is 3.31. The summed E-state index contributed by atoms with van der Waals surface area (Å²) in [5.41, 5.74) is 8.59. The Morgan fingerprint density at radius 3 is 2.41 bits per heavy atom. The molecule has 116 valence electrons. The van der Waals surface area contributed by atoms with Crippen LogP contribution >= 0.6 is 23.2 Å². The first kappa shape index (κ1) is 15.4. The van der Waals surface area contributed by atoms with Gasteiger partial charge in [0.2, 0.25) is 0 Å². The third-order valence-corrected chi connectivity index (χ3v) is 4.50. The topological polar surface area (TPSA) is 58.5 Å². The van der Waals surface area contributed by atoms with Gasteiger partial charge in [0.25, 0.3) is 0 Å². The molecule has 1 unspecified atom stereocenters. The van der Waals surface area contributed by atoms with Gasteiger partial charge in [-0.3, -0.25) is 5.84 Å². The highest BCUT2D eigenvalue weighted by Crippen LogP contribution is 2.35. The molecule has 1 atom stereocenters. The van der Waals surface area contributed by atoms with Crippen LogP contribution < -0.4 is 16.5 Å². The quantitative estimate of drug-likeness (QED) is 0.652. The first-order valence-corrected chi connectivity index (χ1v) is 7.87. The predicted molar refractivity (Wildman–Crippen MR) is 93.2 cm³/mol. The number of hydrogen-bond acceptors (Lipinski definition) is 4. The summed E-state index contributed by atoms with van der Waals surface area (Å²) >= 11 is 12.4. The SMILES string of the molecule is Nc1ccc(N2CCN(N)CC2c2ccc(Cl)cc2)c(Cl)c1. The summed E-state index contributed by atoms with van der Waals surface area (Å²) in [4.78, 5) is 2.27. The molecule has 1 saturated heterocycles. The Morgan fingerprint density at radius 1 is 1.00 bits per heavy atom. The second-order valence-electron chi connectivity index (χ2n) is 5.47. The number of hydrogen-bond donors (Lipinski definition) is 2. The van der Waals surface area contributed by atoms with E-state index in [9.17, 15) is 0 Å². The van der Waals surface area contributed by atoms with E-state index < -0.39 is 0 Å². The summed E-state index contributed by atoms with van der Waals surface area (Å²) in [7, 11) is 0. The van der Waals surface area contributed by atoms with Gasteiger partial charge < -0.3 is 10.6 Å². The number of anilines is 2. The van der Waals surface area contributed by atoms with Gasteiger partial charge in [0.15, 0.2) is 0 Å². The van der Waals surface area contributed by atoms with Crippen LogP contribution in [0.2, 0.25) is 10.0 Å². The molecule has 2 aromatic rings. The van der Waals surface area contributed by atoms with Crippen LogP contribution in [0.4, 0.5) is 11.4 Å². The van der Waals surface area contributed by atoms with E-state index in [4.69, 9.17) is 34.8 Å². The molecule has 6 heteroatoms. The number of hydrazine groups is 1. The van der Waals surface area contributed by atoms with Crippen LogP contribution in [0.15, 0.2) is 42.5 Å². The summed E-state index contributed by atoms with van der Waals surface area (Å²) in [6.45, 7) is 2.31. The van der Waals surface area contributed by atoms with Gasteiger partial charge in [-0.05, 0) is 35.9 Å². The number of piperazine rings is 1. The third-order valence-electron chi connectivity index (χ3n) is 3.95. The number of rotatable bonds is 2. The molecule has 1 fully saturated rings. The van der Waals surface area contributed by atoms with Crippen LogP contribution in [-0.4, -0.2) is 24.6 Å². The minimum Gasteiger partial charge on any atom is -0.399 e. The average molecular weight is 337 g/mol. The van der Waals surface area contributed by atoms with E-state index >= 15 is 0 Å². The Bertz CT molecular complexity index is 660. The molecule has 0 bridgehead atoms. The molecule has 3 rings (SSSR count). The Labute approximate surface area is 140 Å². The summed E-state index contributed by atoms with van der Waals surface area (Å²) in [5, 5.41) is 3.21. The van der Waals surface area contributed by atoms with E-state index in [0.717, 1.165) is 35.9 Å². The van der Waals surface area contributed by atoms with Crippen LogP contribution in [0.5, 0.6) is 0 Å². The molecule has 0 amide bonds. The molecule has 0 radical (unpaired) electrons. The maximum absolute atomic E-state index is 6.39. The molecule has 2 aromatic carbocycles. The van der Waals surface area contributed by atoms with Gasteiger partial charge in [-0.15, -0.1) is 0 Å². The van der Waals surface area contributed by atoms with Crippen LogP contribution in [-0.2, 0) is 0 Å². The lowest BCUT2D eigenvalue weighted by molar-refractivity contribution is 0.229. The smallest absolute Gasteiger partial charge is 0.0684 e. The lowest BCUT2D eigenvalue weighted by Crippen LogP contribution is -2.51. The van der Waals surface area contributed by atoms with E-state index in [0.29, 0.717) is 10.7 Å². The molecule has 1 aliphatic rings. The fourth-order valence-corrected chi connectivity index (χ4v) is 3.24. The van der Waals surface area contributed by atoms with Crippen molar-refractivity contribution in [3.8, 4) is 0 Å². The van der Waals surface area contributed by atoms with Crippen molar-refractivity contribution in [2.24, 2.45) is 5.84 Å². The van der Waals surface area contributed by atoms with Crippen LogP contribution in [0.1, 0.15) is 11.6 Å². The minimum absolute atomic E-state index is 0.122. The Hall–Kier alpha value is -1.46. The van der Waals surface area contributed by atoms with Crippen molar-refractivity contribution in [2.75, 3.05) is 30.3 Å². The maximum Gasteiger partial charge on any atom is 0.0684 e. The molecular formula is C16H18Cl2N4. The summed E-state index contributed by atoms with van der Waals surface area (Å²) in [6, 6.07) is 13.6. The third kappa shape index (κ3) is 3.15. The van der Waals surface area contributed by atoms with Crippen molar-refractivity contribution in [1.82, 2.24) is 5.01 Å². The molecule has 1 aliphatic heterocycles. The first-order valence-electron chi connectivity index (χ1n) is 7.11. The fraction of sp³-hybridized carbons (Fsp3) is 0.250. The minimum atomic E-state index is 0.122. The zero-order chi connectivity index (χ0) is 15.7. The van der Waals surface area contributed by atoms with Gasteiger partial charge in [-0.25, -0.2) is 5.01 Å². The highest BCUT2D eigenvalue weighted by Gasteiger charge is 2.28. The summed E-state index contributed by atoms with van der Waals surface area (Å²) in [5.74, 6) is 6.02. The lowest BCUT2D eigenvalue weighted by Gasteiger charge is -2.41. The highest BCUT2D eigenvalue weighted by molar-refractivity contribution is 6.33. The number of nitrogen functional groups attached to an aromatic ring is 1. The molecule has 0 spiro atoms. The Kier molecular flexibility index (Phi) is 4.45. The van der Waals surface area contributed by atoms with Gasteiger partial charge in [-0.2, -0.15) is 0 Å². The molecule has 1 heterocycles. The van der Waals surface area contributed by atoms with Gasteiger partial charge in [-0.1, -0.05) is 35.3 Å². The molecule has 0 aromatic heterocycles. The molecule has 0 saturated carbocycles. The summed E-state index contributed by atoms with van der Waals surface area (Å²) < 4.78 is 0. The molecule has 4 nitrogen and oxygen atoms in total. The van der Waals surface area contributed by atoms with E-state index in [1.165, 1.54) is 0 Å². The second kappa shape index (κ2) is 6.34. The van der Waals surface area contributed by atoms with Gasteiger partial charge in [0.1, 0.15) is 0 Å². The number of benzene rings is 2. The van der Waals surface area contributed by atoms with Crippen molar-refractivity contribution < 1.29 is 0 Å². The van der Waals surface area contributed by atoms with Gasteiger partial charge >= 0.3 is 0 Å². The number of nitrogens with zero attached hydrogens (tertiary/aromatic N) is 2. The van der Waals surface area contributed by atoms with E-state index in [-0.39, 0.29) is 6.04 Å². The molecule has 4 N–H and O–H groups in total. The van der Waals surface area contributed by atoms with Crippen molar-refractivity contribution in [1.29, 1.82) is 0 Å². The molecular weight excluding hydrogens is 319 g/mol. The second-order valence-corrected chi connectivity index (χ2v) is 6.31. The fourth-order valence-electron chi connectivity index (χ4n) is 2.82. The van der Waals surface area contributed by atoms with Crippen molar-refractivity contribution in [3.63, 3.8) is 0 Å². The summed E-state index contributed by atoms with van der Waals surface area (Å²) in [6.07, 6.45) is 0. The normalized spacial score (nSPS) is 19.4. The van der Waals surface area contributed by atoms with Crippen LogP contribution in [0, 0.1) is 0 Å². The van der Waals surface area contributed by atoms with Crippen LogP contribution in [0.3, 0.4) is 0 Å². The van der Waals surface area contributed by atoms with Gasteiger partial charge in [0.05, 0.1) is 16.8 Å². The zero-order valence-electron chi connectivity index (χ0n) is 12.0. The number of halogens is 2. The van der Waals surface area contributed by atoms with Crippen molar-refractivity contribution in [3.05, 3.63) is 58.1 Å². The molecule has 22 heavy (non-hydrogen) atoms. The highest BCUT2D eigenvalue weighted by atomic mass is 35.5. The average Bonchev–Trinajstić information content (AvgIpc) is 2.49.